The van der Waals surface area contributed by atoms with Crippen LogP contribution in [0.4, 0.5) is 0 Å². The van der Waals surface area contributed by atoms with Crippen molar-refractivity contribution in [3.8, 4) is 5.75 Å². The number of fused-ring (bicyclic) bond motifs is 1. The van der Waals surface area contributed by atoms with E-state index >= 15 is 0 Å². The lowest BCUT2D eigenvalue weighted by Gasteiger charge is -2.13. The molecule has 0 aliphatic carbocycles. The molecular weight excluding hydrogens is 279 g/mol. The van der Waals surface area contributed by atoms with Crippen molar-refractivity contribution in [1.82, 2.24) is 0 Å². The van der Waals surface area contributed by atoms with Crippen LogP contribution in [-0.4, -0.2) is 20.3 Å². The summed E-state index contributed by atoms with van der Waals surface area (Å²) < 4.78 is 11.7. The molecule has 0 spiro atoms. The van der Waals surface area contributed by atoms with Gasteiger partial charge in [-0.05, 0) is 29.7 Å². The monoisotopic (exact) mass is 290 g/mol. The Kier molecular flexibility index (Phi) is 3.54. The largest absolute Gasteiger partial charge is 0.497 e. The summed E-state index contributed by atoms with van der Waals surface area (Å²) in [5, 5.41) is -0.0890. The van der Waals surface area contributed by atoms with Crippen LogP contribution in [0.25, 0.3) is 0 Å². The quantitative estimate of drug-likeness (QED) is 0.739. The normalized spacial score (nSPS) is 20.6. The fraction of sp³-hybridized carbons (Fsp3) is 0.455. The highest BCUT2D eigenvalue weighted by Gasteiger charge is 2.20. The van der Waals surface area contributed by atoms with Crippen molar-refractivity contribution in [2.45, 2.75) is 11.8 Å². The third-order valence-electron chi connectivity index (χ3n) is 2.54. The highest BCUT2D eigenvalue weighted by atomic mass is 79.9. The van der Waals surface area contributed by atoms with Gasteiger partial charge < -0.3 is 9.47 Å². The van der Waals surface area contributed by atoms with Gasteiger partial charge in [-0.1, -0.05) is 15.9 Å². The number of rotatable bonds is 1. The molecule has 0 saturated heterocycles. The molecule has 2 nitrogen and oxygen atoms in total. The van der Waals surface area contributed by atoms with Crippen LogP contribution < -0.4 is 4.74 Å². The van der Waals surface area contributed by atoms with Crippen molar-refractivity contribution in [2.75, 3.05) is 20.3 Å². The second-order valence-electron chi connectivity index (χ2n) is 3.47. The second kappa shape index (κ2) is 4.73. The van der Waals surface area contributed by atoms with E-state index < -0.39 is 0 Å². The summed E-state index contributed by atoms with van der Waals surface area (Å²) in [5.74, 6) is 0.827. The van der Waals surface area contributed by atoms with Gasteiger partial charge in [-0.25, -0.2) is 0 Å². The molecule has 2 rings (SSSR count). The van der Waals surface area contributed by atoms with Crippen LogP contribution in [0.15, 0.2) is 16.6 Å². The molecule has 4 heteroatoms. The fourth-order valence-electron chi connectivity index (χ4n) is 1.74. The summed E-state index contributed by atoms with van der Waals surface area (Å²) in [6.45, 7) is 1.29. The molecule has 1 aromatic carbocycles. The number of alkyl halides is 1. The summed E-state index contributed by atoms with van der Waals surface area (Å²) >= 11 is 9.79. The molecule has 1 heterocycles. The van der Waals surface area contributed by atoms with Crippen molar-refractivity contribution >= 4 is 27.5 Å². The van der Waals surface area contributed by atoms with E-state index in [0.717, 1.165) is 28.8 Å². The maximum Gasteiger partial charge on any atom is 0.120 e. The molecule has 0 aromatic heterocycles. The van der Waals surface area contributed by atoms with E-state index in [-0.39, 0.29) is 5.38 Å². The summed E-state index contributed by atoms with van der Waals surface area (Å²) in [4.78, 5) is 0. The van der Waals surface area contributed by atoms with Gasteiger partial charge in [0.05, 0.1) is 25.7 Å². The van der Waals surface area contributed by atoms with Crippen molar-refractivity contribution in [3.05, 3.63) is 27.7 Å². The maximum absolute atomic E-state index is 6.25. The van der Waals surface area contributed by atoms with E-state index in [1.807, 2.05) is 12.1 Å². The van der Waals surface area contributed by atoms with E-state index in [9.17, 15) is 0 Å². The van der Waals surface area contributed by atoms with E-state index in [4.69, 9.17) is 21.1 Å². The van der Waals surface area contributed by atoms with Crippen molar-refractivity contribution in [2.24, 2.45) is 0 Å². The van der Waals surface area contributed by atoms with Gasteiger partial charge in [-0.15, -0.1) is 11.6 Å². The van der Waals surface area contributed by atoms with E-state index in [2.05, 4.69) is 15.9 Å². The minimum absolute atomic E-state index is 0.0890. The molecule has 82 valence electrons. The van der Waals surface area contributed by atoms with Crippen LogP contribution in [-0.2, 0) is 11.2 Å². The molecule has 1 aliphatic heterocycles. The SMILES string of the molecule is COc1cc(Br)c2c(c1)C(Cl)COCC2. The standard InChI is InChI=1S/C11H12BrClO2/c1-14-7-4-9-8(10(12)5-7)2-3-15-6-11(9)13/h4-5,11H,2-3,6H2,1H3. The smallest absolute Gasteiger partial charge is 0.120 e. The number of halogens is 2. The minimum atomic E-state index is -0.0890. The topological polar surface area (TPSA) is 18.5 Å². The van der Waals surface area contributed by atoms with Crippen LogP contribution >= 0.6 is 27.5 Å². The number of ether oxygens (including phenoxy) is 2. The third kappa shape index (κ3) is 2.30. The Morgan fingerprint density at radius 1 is 1.53 bits per heavy atom. The molecule has 1 aliphatic rings. The van der Waals surface area contributed by atoms with E-state index in [1.165, 1.54) is 5.56 Å². The van der Waals surface area contributed by atoms with Gasteiger partial charge in [0.25, 0.3) is 0 Å². The number of methoxy groups -OCH3 is 1. The molecule has 15 heavy (non-hydrogen) atoms. The molecule has 1 unspecified atom stereocenters. The molecule has 0 saturated carbocycles. The van der Waals surface area contributed by atoms with Gasteiger partial charge in [-0.3, -0.25) is 0 Å². The average Bonchev–Trinajstić information content (AvgIpc) is 2.41. The Hall–Kier alpha value is -0.250. The summed E-state index contributed by atoms with van der Waals surface area (Å²) in [6.07, 6.45) is 0.892. The van der Waals surface area contributed by atoms with Crippen LogP contribution in [0.3, 0.4) is 0 Å². The van der Waals surface area contributed by atoms with Gasteiger partial charge in [0.2, 0.25) is 0 Å². The number of hydrogen-bond acceptors (Lipinski definition) is 2. The second-order valence-corrected chi connectivity index (χ2v) is 4.85. The zero-order valence-corrected chi connectivity index (χ0v) is 10.8. The van der Waals surface area contributed by atoms with Gasteiger partial charge in [-0.2, -0.15) is 0 Å². The molecule has 1 aromatic rings. The van der Waals surface area contributed by atoms with Gasteiger partial charge in [0.15, 0.2) is 0 Å². The first-order valence-electron chi connectivity index (χ1n) is 4.80. The van der Waals surface area contributed by atoms with Gasteiger partial charge >= 0.3 is 0 Å². The molecular formula is C11H12BrClO2. The molecule has 0 bridgehead atoms. The summed E-state index contributed by atoms with van der Waals surface area (Å²) in [5.41, 5.74) is 2.34. The molecule has 0 radical (unpaired) electrons. The maximum atomic E-state index is 6.25. The zero-order valence-electron chi connectivity index (χ0n) is 8.43. The zero-order chi connectivity index (χ0) is 10.8. The first-order chi connectivity index (χ1) is 7.22. The number of benzene rings is 1. The predicted molar refractivity (Wildman–Crippen MR) is 63.8 cm³/mol. The number of hydrogen-bond donors (Lipinski definition) is 0. The Morgan fingerprint density at radius 2 is 2.33 bits per heavy atom. The molecule has 0 fully saturated rings. The Labute approximate surface area is 103 Å². The fourth-order valence-corrected chi connectivity index (χ4v) is 2.68. The first kappa shape index (κ1) is 11.2. The lowest BCUT2D eigenvalue weighted by molar-refractivity contribution is 0.143. The van der Waals surface area contributed by atoms with Crippen molar-refractivity contribution in [3.63, 3.8) is 0 Å². The summed E-state index contributed by atoms with van der Waals surface area (Å²) in [6, 6.07) is 3.96. The highest BCUT2D eigenvalue weighted by molar-refractivity contribution is 9.10. The average molecular weight is 292 g/mol. The van der Waals surface area contributed by atoms with Crippen LogP contribution in [0.2, 0.25) is 0 Å². The molecule has 0 N–H and O–H groups in total. The van der Waals surface area contributed by atoms with Crippen LogP contribution in [0.1, 0.15) is 16.5 Å². The van der Waals surface area contributed by atoms with Crippen molar-refractivity contribution in [1.29, 1.82) is 0 Å². The van der Waals surface area contributed by atoms with E-state index in [0.29, 0.717) is 6.61 Å². The minimum Gasteiger partial charge on any atom is -0.497 e. The van der Waals surface area contributed by atoms with Crippen LogP contribution in [0.5, 0.6) is 5.75 Å². The Bertz CT molecular complexity index is 368. The van der Waals surface area contributed by atoms with Crippen molar-refractivity contribution < 1.29 is 9.47 Å². The van der Waals surface area contributed by atoms with Gasteiger partial charge in [0, 0.05) is 4.47 Å². The first-order valence-corrected chi connectivity index (χ1v) is 6.03. The Balaban J connectivity index is 2.50. The predicted octanol–water partition coefficient (Wildman–Crippen LogP) is 3.31. The highest BCUT2D eigenvalue weighted by Crippen LogP contribution is 2.35. The third-order valence-corrected chi connectivity index (χ3v) is 3.61. The van der Waals surface area contributed by atoms with E-state index in [1.54, 1.807) is 7.11 Å². The molecule has 1 atom stereocenters. The molecule has 0 amide bonds. The lowest BCUT2D eigenvalue weighted by Crippen LogP contribution is -2.00. The Morgan fingerprint density at radius 3 is 3.07 bits per heavy atom. The van der Waals surface area contributed by atoms with Crippen LogP contribution in [0, 0.1) is 0 Å². The summed E-state index contributed by atoms with van der Waals surface area (Å²) in [7, 11) is 1.66. The van der Waals surface area contributed by atoms with Gasteiger partial charge in [0.1, 0.15) is 5.75 Å². The lowest BCUT2D eigenvalue weighted by atomic mass is 10.0.